The molecule has 0 saturated carbocycles. The van der Waals surface area contributed by atoms with Crippen molar-refractivity contribution < 1.29 is 86.4 Å². The van der Waals surface area contributed by atoms with Gasteiger partial charge in [0.05, 0.1) is 19.8 Å². The zero-order valence-corrected chi connectivity index (χ0v) is 72.1. The molecule has 0 bridgehead atoms. The molecule has 600 valence electrons. The van der Waals surface area contributed by atoms with Crippen LogP contribution in [0, 0.1) is 0 Å². The summed E-state index contributed by atoms with van der Waals surface area (Å²) in [5.74, 6) is 0.852. The van der Waals surface area contributed by atoms with Gasteiger partial charge in [-0.2, -0.15) is 7.11 Å². The predicted molar refractivity (Wildman–Crippen MR) is 492 cm³/mol. The van der Waals surface area contributed by atoms with Crippen molar-refractivity contribution in [3.05, 3.63) is 591 Å². The number of benzene rings is 17. The van der Waals surface area contributed by atoms with Crippen LogP contribution in [0.15, 0.2) is 479 Å². The molecular weight excluding hydrogens is 1520 g/mol. The number of phenolic OH excluding ortho intramolecular Hbond substituents is 2. The third kappa shape index (κ3) is 24.2. The molecule has 8 heteroatoms. The van der Waals surface area contributed by atoms with E-state index in [0.717, 1.165) is 87.3 Å². The van der Waals surface area contributed by atoms with Crippen LogP contribution in [0.25, 0.3) is 0 Å². The number of aromatic hydroxyl groups is 2. The van der Waals surface area contributed by atoms with Crippen LogP contribution < -0.4 is 61.2 Å². The Morgan fingerprint density at radius 1 is 0.246 bits per heavy atom. The summed E-state index contributed by atoms with van der Waals surface area (Å²) in [6.07, 6.45) is -0.516. The summed E-state index contributed by atoms with van der Waals surface area (Å²) in [6, 6.07) is 165. The van der Waals surface area contributed by atoms with E-state index in [1.54, 1.807) is 24.3 Å². The number of para-hydroxylation sites is 1. The molecule has 1 heterocycles. The van der Waals surface area contributed by atoms with Gasteiger partial charge < -0.3 is 35.0 Å². The van der Waals surface area contributed by atoms with E-state index in [0.29, 0.717) is 11.5 Å². The van der Waals surface area contributed by atoms with E-state index >= 15 is 0 Å². The Hall–Kier alpha value is -12.4. The van der Waals surface area contributed by atoms with Crippen molar-refractivity contribution >= 4 is 0 Å². The molecule has 1 saturated heterocycles. The minimum atomic E-state index is -0.516. The SMILES string of the molecule is C1CO1.C[O-].OC(c1ccccc1)c1ccccc1.OCCOc1c(C(c2ccccc2)c2ccccc2)cc(C(c2ccccc2)c2ccccc2)cc1C(c1ccccc1)c1ccccc1.Oc1c(C(c2ccccc2)c2ccccc2)cc(C(c2ccccc2)c2ccccc2)cc1C(c1ccccc1)c1ccccc1.Oc1ccccc1.[K+]. The van der Waals surface area contributed by atoms with Crippen molar-refractivity contribution in [3.8, 4) is 17.2 Å². The molecule has 4 N–H and O–H groups in total. The van der Waals surface area contributed by atoms with Gasteiger partial charge in [0.25, 0.3) is 0 Å². The molecule has 0 spiro atoms. The van der Waals surface area contributed by atoms with Gasteiger partial charge in [-0.15, -0.1) is 0 Å². The van der Waals surface area contributed by atoms with Crippen LogP contribution in [0.4, 0.5) is 0 Å². The minimum absolute atomic E-state index is 0. The van der Waals surface area contributed by atoms with E-state index in [9.17, 15) is 15.3 Å². The topological polar surface area (TPSA) is 126 Å². The van der Waals surface area contributed by atoms with Crippen LogP contribution in [0.5, 0.6) is 17.2 Å². The zero-order chi connectivity index (χ0) is 83.4. The Kier molecular flexibility index (Phi) is 34.7. The number of hydrogen-bond donors (Lipinski definition) is 4. The zero-order valence-electron chi connectivity index (χ0n) is 69.0. The summed E-state index contributed by atoms with van der Waals surface area (Å²) in [4.78, 5) is 0. The van der Waals surface area contributed by atoms with Gasteiger partial charge in [0.1, 0.15) is 30.0 Å². The van der Waals surface area contributed by atoms with Gasteiger partial charge >= 0.3 is 51.4 Å². The third-order valence-electron chi connectivity index (χ3n) is 21.4. The van der Waals surface area contributed by atoms with E-state index in [1.807, 2.05) is 66.7 Å². The molecule has 1 fully saturated rings. The molecule has 0 aliphatic carbocycles. The summed E-state index contributed by atoms with van der Waals surface area (Å²) in [5.41, 5.74) is 22.3. The summed E-state index contributed by atoms with van der Waals surface area (Å²) in [7, 11) is 0.750. The van der Waals surface area contributed by atoms with Crippen LogP contribution in [0.3, 0.4) is 0 Å². The smallest absolute Gasteiger partial charge is 0.857 e. The van der Waals surface area contributed by atoms with Crippen molar-refractivity contribution in [2.75, 3.05) is 33.5 Å². The van der Waals surface area contributed by atoms with Crippen LogP contribution in [0.2, 0.25) is 0 Å². The number of aliphatic hydroxyl groups is 2. The number of hydrogen-bond acceptors (Lipinski definition) is 7. The first-order chi connectivity index (χ1) is 59.9. The number of aliphatic hydroxyl groups excluding tert-OH is 2. The molecule has 17 aromatic rings. The molecule has 0 atom stereocenters. The van der Waals surface area contributed by atoms with Gasteiger partial charge in [-0.3, -0.25) is 0 Å². The maximum absolute atomic E-state index is 12.6. The molecule has 7 nitrogen and oxygen atoms in total. The fraction of sp³-hybridized carbons (Fsp3) is 0.105. The van der Waals surface area contributed by atoms with E-state index in [2.05, 4.69) is 393 Å². The maximum atomic E-state index is 12.6. The van der Waals surface area contributed by atoms with Gasteiger partial charge in [0.2, 0.25) is 0 Å². The largest absolute Gasteiger partial charge is 1.00 e. The summed E-state index contributed by atoms with van der Waals surface area (Å²) < 4.78 is 11.3. The molecule has 17 aromatic carbocycles. The van der Waals surface area contributed by atoms with Gasteiger partial charge in [-0.25, -0.2) is 0 Å². The number of phenols is 2. The number of ether oxygens (including phenoxy) is 2. The Balaban J connectivity index is 0.000000171. The Labute approximate surface area is 762 Å². The Morgan fingerprint density at radius 2 is 0.410 bits per heavy atom. The monoisotopic (exact) mass is 1620 g/mol. The molecular formula is C114H101KO7. The molecule has 0 radical (unpaired) electrons. The fourth-order valence-electron chi connectivity index (χ4n) is 15.9. The van der Waals surface area contributed by atoms with Crippen LogP contribution in [-0.4, -0.2) is 54.0 Å². The maximum Gasteiger partial charge on any atom is 1.00 e. The molecule has 1 aliphatic rings. The average molecular weight is 1620 g/mol. The Morgan fingerprint density at radius 3 is 0.582 bits per heavy atom. The summed E-state index contributed by atoms with van der Waals surface area (Å²) in [6.45, 7) is 2.10. The van der Waals surface area contributed by atoms with Gasteiger partial charge in [0.15, 0.2) is 0 Å². The molecule has 122 heavy (non-hydrogen) atoms. The van der Waals surface area contributed by atoms with Crippen molar-refractivity contribution in [3.63, 3.8) is 0 Å². The second-order valence-corrected chi connectivity index (χ2v) is 29.3. The Bertz CT molecular complexity index is 5280. The first kappa shape index (κ1) is 88.9. The van der Waals surface area contributed by atoms with E-state index in [4.69, 9.17) is 14.9 Å². The van der Waals surface area contributed by atoms with Crippen LogP contribution in [-0.2, 0) is 4.74 Å². The first-order valence-electron chi connectivity index (χ1n) is 41.2. The molecule has 0 unspecified atom stereocenters. The van der Waals surface area contributed by atoms with Gasteiger partial charge in [-0.05, 0) is 101 Å². The minimum Gasteiger partial charge on any atom is -0.857 e. The van der Waals surface area contributed by atoms with Gasteiger partial charge in [-0.1, -0.05) is 467 Å². The molecule has 1 aliphatic heterocycles. The third-order valence-corrected chi connectivity index (χ3v) is 21.4. The van der Waals surface area contributed by atoms with Crippen molar-refractivity contribution in [2.24, 2.45) is 0 Å². The first-order valence-corrected chi connectivity index (χ1v) is 41.2. The van der Waals surface area contributed by atoms with Crippen LogP contribution in [0.1, 0.15) is 153 Å². The second kappa shape index (κ2) is 47.6. The van der Waals surface area contributed by atoms with Gasteiger partial charge in [0, 0.05) is 57.8 Å². The number of epoxide rings is 1. The van der Waals surface area contributed by atoms with Crippen LogP contribution >= 0.6 is 0 Å². The normalized spacial score (nSPS) is 11.1. The fourth-order valence-corrected chi connectivity index (χ4v) is 15.9. The predicted octanol–water partition coefficient (Wildman–Crippen LogP) is 21.7. The molecule has 18 rings (SSSR count). The van der Waals surface area contributed by atoms with E-state index in [1.165, 1.54) is 50.1 Å². The standard InChI is InChI=1S/C47H40O2.C45H36O.C13H12O.C6H6O.C2H4O.CH3O.K/c48-31-32-49-47-42(45(37-23-11-3-12-24-37)38-25-13-4-14-26-38)33-41(44(35-19-7-1-8-20-35)36-21-9-2-10-22-36)34-43(47)46(39-27-15-5-16-28-39)40-29-17-6-18-30-40;46-45-40(43(35-23-11-3-12-24-35)36-25-13-4-14-26-36)31-39(42(33-19-7-1-8-20-33)34-21-9-2-10-22-34)32-41(45)44(37-27-15-5-16-28-37)38-29-17-6-18-30-38;14-13(11-7-3-1-4-8-11)12-9-5-2-6-10-12;7-6-4-2-1-3-5-6;1-2-3-1;1-2;/h1-30,33-34,44-46,48H,31-32H2;1-32,42-44,46H;1-10,13-14H;1-5,7H;1-2H2;1H3;/q;;;;;-1;+1. The van der Waals surface area contributed by atoms with Crippen molar-refractivity contribution in [1.29, 1.82) is 0 Å². The molecule has 0 aromatic heterocycles. The number of rotatable bonds is 23. The van der Waals surface area contributed by atoms with E-state index in [-0.39, 0.29) is 100 Å². The average Bonchev–Trinajstić information content (AvgIpc) is 1.05. The summed E-state index contributed by atoms with van der Waals surface area (Å²) in [5, 5.41) is 49.7. The van der Waals surface area contributed by atoms with E-state index < -0.39 is 6.10 Å². The summed E-state index contributed by atoms with van der Waals surface area (Å²) >= 11 is 0. The second-order valence-electron chi connectivity index (χ2n) is 29.3. The molecule has 0 amide bonds. The van der Waals surface area contributed by atoms with Crippen molar-refractivity contribution in [1.82, 2.24) is 0 Å². The van der Waals surface area contributed by atoms with Crippen molar-refractivity contribution in [2.45, 2.75) is 41.6 Å². The quantitative estimate of drug-likeness (QED) is 0.0285.